The van der Waals surface area contributed by atoms with Crippen LogP contribution in [0, 0.1) is 11.3 Å². The van der Waals surface area contributed by atoms with E-state index in [-0.39, 0.29) is 0 Å². The van der Waals surface area contributed by atoms with E-state index in [9.17, 15) is 0 Å². The molecule has 2 saturated heterocycles. The van der Waals surface area contributed by atoms with Crippen molar-refractivity contribution in [3.05, 3.63) is 0 Å². The van der Waals surface area contributed by atoms with Crippen LogP contribution >= 0.6 is 0 Å². The van der Waals surface area contributed by atoms with Crippen molar-refractivity contribution in [1.29, 1.82) is 0 Å². The third-order valence-electron chi connectivity index (χ3n) is 4.57. The molecule has 0 radical (unpaired) electrons. The summed E-state index contributed by atoms with van der Waals surface area (Å²) in [6, 6.07) is 0. The topological polar surface area (TPSA) is 32.5 Å². The van der Waals surface area contributed by atoms with Crippen LogP contribution in [0.3, 0.4) is 0 Å². The third-order valence-corrected chi connectivity index (χ3v) is 4.57. The van der Waals surface area contributed by atoms with Crippen LogP contribution in [0.5, 0.6) is 0 Å². The highest BCUT2D eigenvalue weighted by Crippen LogP contribution is 2.41. The number of hydrogen-bond donors (Lipinski definition) is 1. The summed E-state index contributed by atoms with van der Waals surface area (Å²) < 4.78 is 0. The molecule has 0 aliphatic carbocycles. The maximum Gasteiger partial charge on any atom is 0.00502 e. The zero-order valence-electron chi connectivity index (χ0n) is 10.2. The largest absolute Gasteiger partial charge is 0.330 e. The molecular formula is C12H25N3. The Balaban J connectivity index is 2.00. The summed E-state index contributed by atoms with van der Waals surface area (Å²) in [5.41, 5.74) is 6.50. The lowest BCUT2D eigenvalue weighted by Crippen LogP contribution is -2.45. The van der Waals surface area contributed by atoms with Gasteiger partial charge in [0.1, 0.15) is 0 Å². The monoisotopic (exact) mass is 211 g/mol. The number of likely N-dealkylation sites (tertiary alicyclic amines) is 2. The molecular weight excluding hydrogens is 186 g/mol. The minimum absolute atomic E-state index is 0.440. The highest BCUT2D eigenvalue weighted by atomic mass is 15.1. The molecule has 2 fully saturated rings. The minimum atomic E-state index is 0.440. The quantitative estimate of drug-likeness (QED) is 0.726. The average Bonchev–Trinajstić information content (AvgIpc) is 2.62. The summed E-state index contributed by atoms with van der Waals surface area (Å²) in [5.74, 6) is 0.864. The summed E-state index contributed by atoms with van der Waals surface area (Å²) in [6.45, 7) is 5.86. The van der Waals surface area contributed by atoms with E-state index in [1.54, 1.807) is 0 Å². The molecule has 0 bridgehead atoms. The lowest BCUT2D eigenvalue weighted by molar-refractivity contribution is 0.0983. The lowest BCUT2D eigenvalue weighted by atomic mass is 9.70. The minimum Gasteiger partial charge on any atom is -0.330 e. The molecule has 2 aliphatic heterocycles. The van der Waals surface area contributed by atoms with Crippen molar-refractivity contribution < 1.29 is 0 Å². The van der Waals surface area contributed by atoms with Gasteiger partial charge in [-0.2, -0.15) is 0 Å². The van der Waals surface area contributed by atoms with Crippen molar-refractivity contribution in [3.63, 3.8) is 0 Å². The third kappa shape index (κ3) is 2.19. The fraction of sp³-hybridized carbons (Fsp3) is 1.00. The fourth-order valence-corrected chi connectivity index (χ4v) is 3.40. The molecule has 2 N–H and O–H groups in total. The van der Waals surface area contributed by atoms with Gasteiger partial charge in [0.05, 0.1) is 0 Å². The molecule has 1 atom stereocenters. The van der Waals surface area contributed by atoms with E-state index in [1.165, 1.54) is 45.4 Å². The van der Waals surface area contributed by atoms with Gasteiger partial charge in [0.2, 0.25) is 0 Å². The lowest BCUT2D eigenvalue weighted by Gasteiger charge is -2.41. The zero-order valence-corrected chi connectivity index (χ0v) is 10.2. The van der Waals surface area contributed by atoms with Crippen molar-refractivity contribution in [2.75, 3.05) is 46.8 Å². The summed E-state index contributed by atoms with van der Waals surface area (Å²) in [7, 11) is 4.46. The summed E-state index contributed by atoms with van der Waals surface area (Å²) >= 11 is 0. The van der Waals surface area contributed by atoms with Gasteiger partial charge in [-0.25, -0.2) is 0 Å². The first-order chi connectivity index (χ1) is 7.16. The Hall–Kier alpha value is -0.120. The van der Waals surface area contributed by atoms with Crippen molar-refractivity contribution in [3.8, 4) is 0 Å². The molecule has 3 heteroatoms. The molecule has 2 rings (SSSR count). The van der Waals surface area contributed by atoms with Crippen LogP contribution in [0.2, 0.25) is 0 Å². The number of nitrogens with zero attached hydrogens (tertiary/aromatic N) is 2. The van der Waals surface area contributed by atoms with Gasteiger partial charge in [0.15, 0.2) is 0 Å². The second-order valence-electron chi connectivity index (χ2n) is 5.63. The fourth-order valence-electron chi connectivity index (χ4n) is 3.40. The van der Waals surface area contributed by atoms with Gasteiger partial charge in [0, 0.05) is 6.54 Å². The van der Waals surface area contributed by atoms with Crippen LogP contribution in [0.25, 0.3) is 0 Å². The molecule has 2 aliphatic rings. The van der Waals surface area contributed by atoms with Gasteiger partial charge in [-0.15, -0.1) is 0 Å². The second-order valence-corrected chi connectivity index (χ2v) is 5.63. The first-order valence-corrected chi connectivity index (χ1v) is 6.23. The van der Waals surface area contributed by atoms with Crippen molar-refractivity contribution >= 4 is 0 Å². The summed E-state index contributed by atoms with van der Waals surface area (Å²) in [6.07, 6.45) is 4.01. The van der Waals surface area contributed by atoms with Crippen LogP contribution in [0.4, 0.5) is 0 Å². The van der Waals surface area contributed by atoms with Crippen LogP contribution in [-0.2, 0) is 0 Å². The Bertz CT molecular complexity index is 211. The van der Waals surface area contributed by atoms with Gasteiger partial charge < -0.3 is 15.5 Å². The van der Waals surface area contributed by atoms with E-state index in [0.717, 1.165) is 12.5 Å². The number of hydrogen-bond acceptors (Lipinski definition) is 3. The Labute approximate surface area is 93.6 Å². The van der Waals surface area contributed by atoms with E-state index in [2.05, 4.69) is 23.9 Å². The SMILES string of the molecule is CN1CCC(C2(CN)CCN(C)C2)CC1. The zero-order chi connectivity index (χ0) is 10.9. The van der Waals surface area contributed by atoms with Crippen LogP contribution < -0.4 is 5.73 Å². The average molecular weight is 211 g/mol. The van der Waals surface area contributed by atoms with Crippen LogP contribution in [0.1, 0.15) is 19.3 Å². The first-order valence-electron chi connectivity index (χ1n) is 6.23. The molecule has 0 aromatic heterocycles. The predicted molar refractivity (Wildman–Crippen MR) is 63.8 cm³/mol. The second kappa shape index (κ2) is 4.40. The van der Waals surface area contributed by atoms with Gasteiger partial charge in [0.25, 0.3) is 0 Å². The molecule has 0 aromatic carbocycles. The van der Waals surface area contributed by atoms with E-state index in [1.807, 2.05) is 0 Å². The molecule has 3 nitrogen and oxygen atoms in total. The molecule has 88 valence electrons. The number of nitrogens with two attached hydrogens (primary N) is 1. The van der Waals surface area contributed by atoms with Crippen molar-refractivity contribution in [1.82, 2.24) is 9.80 Å². The van der Waals surface area contributed by atoms with Gasteiger partial charge in [-0.05, 0) is 70.9 Å². The molecule has 0 aromatic rings. The van der Waals surface area contributed by atoms with Gasteiger partial charge in [-0.1, -0.05) is 0 Å². The van der Waals surface area contributed by atoms with E-state index in [4.69, 9.17) is 5.73 Å². The van der Waals surface area contributed by atoms with Crippen LogP contribution in [0.15, 0.2) is 0 Å². The van der Waals surface area contributed by atoms with Gasteiger partial charge >= 0.3 is 0 Å². The molecule has 0 spiro atoms. The van der Waals surface area contributed by atoms with E-state index < -0.39 is 0 Å². The maximum atomic E-state index is 6.06. The standard InChI is InChI=1S/C12H25N3/c1-14-6-3-11(4-7-14)12(9-13)5-8-15(2)10-12/h11H,3-10,13H2,1-2H3. The smallest absolute Gasteiger partial charge is 0.00502 e. The first kappa shape index (κ1) is 11.4. The van der Waals surface area contributed by atoms with E-state index in [0.29, 0.717) is 5.41 Å². The molecule has 0 amide bonds. The summed E-state index contributed by atoms with van der Waals surface area (Å²) in [4.78, 5) is 4.89. The summed E-state index contributed by atoms with van der Waals surface area (Å²) in [5, 5.41) is 0. The predicted octanol–water partition coefficient (Wildman–Crippen LogP) is 0.609. The van der Waals surface area contributed by atoms with E-state index >= 15 is 0 Å². The Morgan fingerprint density at radius 1 is 1.13 bits per heavy atom. The van der Waals surface area contributed by atoms with Gasteiger partial charge in [-0.3, -0.25) is 0 Å². The molecule has 2 heterocycles. The number of piperidine rings is 1. The molecule has 15 heavy (non-hydrogen) atoms. The highest BCUT2D eigenvalue weighted by Gasteiger charge is 2.42. The molecule has 0 saturated carbocycles. The molecule has 1 unspecified atom stereocenters. The van der Waals surface area contributed by atoms with Crippen molar-refractivity contribution in [2.45, 2.75) is 19.3 Å². The number of rotatable bonds is 2. The van der Waals surface area contributed by atoms with Crippen LogP contribution in [-0.4, -0.2) is 56.6 Å². The van der Waals surface area contributed by atoms with Crippen molar-refractivity contribution in [2.24, 2.45) is 17.1 Å². The highest BCUT2D eigenvalue weighted by molar-refractivity contribution is 4.96. The normalized spacial score (nSPS) is 36.2. The maximum absolute atomic E-state index is 6.06. The Kier molecular flexibility index (Phi) is 3.33. The Morgan fingerprint density at radius 2 is 1.80 bits per heavy atom. The Morgan fingerprint density at radius 3 is 2.27 bits per heavy atom.